The summed E-state index contributed by atoms with van der Waals surface area (Å²) in [6.45, 7) is 0. The molecule has 0 aliphatic heterocycles. The van der Waals surface area contributed by atoms with Gasteiger partial charge in [0, 0.05) is 0 Å². The molecule has 0 saturated carbocycles. The van der Waals surface area contributed by atoms with Crippen LogP contribution in [0.2, 0.25) is 0 Å². The lowest BCUT2D eigenvalue weighted by Gasteiger charge is -2.12. The van der Waals surface area contributed by atoms with Gasteiger partial charge in [-0.25, -0.2) is 4.79 Å². The Morgan fingerprint density at radius 2 is 2.29 bits per heavy atom. The van der Waals surface area contributed by atoms with Gasteiger partial charge in [-0.2, -0.15) is 0 Å². The van der Waals surface area contributed by atoms with Gasteiger partial charge in [0.15, 0.2) is 0 Å². The average molecular weight is 233 g/mol. The number of nitrogens with zero attached hydrogens (tertiary/aromatic N) is 1. The fourth-order valence-electron chi connectivity index (χ4n) is 0.917. The zero-order valence-corrected chi connectivity index (χ0v) is 8.59. The zero-order chi connectivity index (χ0) is 10.9. The van der Waals surface area contributed by atoms with Crippen LogP contribution in [0.1, 0.15) is 0 Å². The Morgan fingerprint density at radius 1 is 1.71 bits per heavy atom. The summed E-state index contributed by atoms with van der Waals surface area (Å²) < 4.78 is 3.53. The molecule has 74 valence electrons. The smallest absolute Gasteiger partial charge is 0.337 e. The van der Waals surface area contributed by atoms with Crippen LogP contribution in [0.3, 0.4) is 0 Å². The summed E-state index contributed by atoms with van der Waals surface area (Å²) in [6, 6.07) is 0. The van der Waals surface area contributed by atoms with Gasteiger partial charge in [0.25, 0.3) is 0 Å². The normalized spacial score (nSPS) is 20.0. The van der Waals surface area contributed by atoms with E-state index in [1.165, 1.54) is 6.08 Å². The molecule has 0 bridgehead atoms. The molecule has 5 nitrogen and oxygen atoms in total. The molecule has 1 aliphatic rings. The molecule has 0 heterocycles. The predicted molar refractivity (Wildman–Crippen MR) is 58.1 cm³/mol. The fourth-order valence-corrected chi connectivity index (χ4v) is 1.29. The summed E-state index contributed by atoms with van der Waals surface area (Å²) in [4.78, 5) is 10.7. The first-order chi connectivity index (χ1) is 6.49. The molecular formula is C7H7ClN3O2S+. The van der Waals surface area contributed by atoms with Crippen molar-refractivity contribution in [3.05, 3.63) is 22.4 Å². The van der Waals surface area contributed by atoms with Crippen molar-refractivity contribution in [1.82, 2.24) is 0 Å². The third-order valence-electron chi connectivity index (χ3n) is 1.63. The van der Waals surface area contributed by atoms with Crippen LogP contribution in [0.5, 0.6) is 0 Å². The van der Waals surface area contributed by atoms with Crippen molar-refractivity contribution in [3.63, 3.8) is 0 Å². The molecule has 0 aromatic carbocycles. The minimum atomic E-state index is -1.21. The third kappa shape index (κ3) is 1.66. The quantitative estimate of drug-likeness (QED) is 0.431. The van der Waals surface area contributed by atoms with E-state index in [1.807, 2.05) is 0 Å². The molecule has 0 radical (unpaired) electrons. The molecule has 0 aromatic heterocycles. The van der Waals surface area contributed by atoms with E-state index in [2.05, 4.69) is 17.2 Å². The number of allylic oxidation sites excluding steroid dienone is 2. The second kappa shape index (κ2) is 3.85. The van der Waals surface area contributed by atoms with Gasteiger partial charge in [-0.15, -0.1) is 0 Å². The van der Waals surface area contributed by atoms with E-state index in [4.69, 9.17) is 27.9 Å². The van der Waals surface area contributed by atoms with Gasteiger partial charge in [0.1, 0.15) is 11.4 Å². The molecule has 7 heteroatoms. The van der Waals surface area contributed by atoms with Crippen LogP contribution < -0.4 is 5.73 Å². The summed E-state index contributed by atoms with van der Waals surface area (Å²) in [5.74, 6) is -1.21. The van der Waals surface area contributed by atoms with E-state index in [-0.39, 0.29) is 27.7 Å². The van der Waals surface area contributed by atoms with Gasteiger partial charge in [-0.05, 0) is 6.08 Å². The van der Waals surface area contributed by atoms with Crippen LogP contribution in [-0.2, 0) is 17.6 Å². The summed E-state index contributed by atoms with van der Waals surface area (Å²) in [5.41, 5.74) is 5.15. The molecule has 14 heavy (non-hydrogen) atoms. The Morgan fingerprint density at radius 3 is 2.71 bits per heavy atom. The van der Waals surface area contributed by atoms with E-state index in [0.29, 0.717) is 0 Å². The monoisotopic (exact) mass is 232 g/mol. The Hall–Kier alpha value is -1.27. The number of aliphatic carboxylic acids is 1. The molecule has 0 spiro atoms. The highest BCUT2D eigenvalue weighted by Crippen LogP contribution is 2.21. The van der Waals surface area contributed by atoms with E-state index < -0.39 is 5.97 Å². The second-order valence-corrected chi connectivity index (χ2v) is 3.06. The summed E-state index contributed by atoms with van der Waals surface area (Å²) in [7, 11) is 0. The molecule has 1 rings (SSSR count). The number of carbonyl (C=O) groups is 1. The summed E-state index contributed by atoms with van der Waals surface area (Å²) in [5, 5.41) is 16.1. The first-order valence-electron chi connectivity index (χ1n) is 3.43. The van der Waals surface area contributed by atoms with E-state index in [9.17, 15) is 4.79 Å². The highest BCUT2D eigenvalue weighted by atomic mass is 35.5. The highest BCUT2D eigenvalue weighted by molar-refractivity contribution is 7.57. The van der Waals surface area contributed by atoms with Crippen LogP contribution in [0.15, 0.2) is 26.8 Å². The van der Waals surface area contributed by atoms with Crippen molar-refractivity contribution in [2.45, 2.75) is 0 Å². The van der Waals surface area contributed by atoms with Crippen molar-refractivity contribution in [2.24, 2.45) is 10.1 Å². The maximum atomic E-state index is 10.7. The summed E-state index contributed by atoms with van der Waals surface area (Å²) >= 11 is 8.46. The van der Waals surface area contributed by atoms with Crippen molar-refractivity contribution in [2.75, 3.05) is 0 Å². The van der Waals surface area contributed by atoms with Crippen LogP contribution >= 0.6 is 11.6 Å². The van der Waals surface area contributed by atoms with Gasteiger partial charge in [0.05, 0.1) is 29.1 Å². The Labute approximate surface area is 90.0 Å². The number of rotatable bonds is 1. The second-order valence-electron chi connectivity index (χ2n) is 2.46. The molecule has 4 N–H and O–H groups in total. The molecule has 1 aliphatic carbocycles. The zero-order valence-electron chi connectivity index (χ0n) is 6.84. The topological polar surface area (TPSA) is 99.5 Å². The van der Waals surface area contributed by atoms with E-state index >= 15 is 0 Å². The lowest BCUT2D eigenvalue weighted by Crippen LogP contribution is -2.25. The van der Waals surface area contributed by atoms with Crippen molar-refractivity contribution in [1.29, 1.82) is 5.41 Å². The number of nitrogens with one attached hydrogen (secondary N) is 1. The van der Waals surface area contributed by atoms with Crippen LogP contribution in [0.25, 0.3) is 0 Å². The van der Waals surface area contributed by atoms with Crippen molar-refractivity contribution >= 4 is 41.8 Å². The van der Waals surface area contributed by atoms with Crippen LogP contribution in [0, 0.1) is 5.41 Å². The molecule has 0 atom stereocenters. The van der Waals surface area contributed by atoms with Crippen molar-refractivity contribution < 1.29 is 9.90 Å². The Kier molecular flexibility index (Phi) is 2.97. The maximum absolute atomic E-state index is 10.7. The molecule has 0 aromatic rings. The average Bonchev–Trinajstić information content (AvgIpc) is 2.14. The first kappa shape index (κ1) is 10.8. The van der Waals surface area contributed by atoms with Crippen LogP contribution in [0.4, 0.5) is 0 Å². The molecule has 0 unspecified atom stereocenters. The number of carboxylic acid groups (broad SMARTS) is 1. The SMILES string of the molecule is N=C1C(=N[SH2+])C=C(C(=O)O)C(N)=C1Cl. The number of halogens is 1. The fraction of sp³-hybridized carbons (Fsp3) is 0. The Bertz CT molecular complexity index is 411. The summed E-state index contributed by atoms with van der Waals surface area (Å²) in [6.07, 6.45) is 1.18. The highest BCUT2D eigenvalue weighted by Gasteiger charge is 2.25. The molecule has 0 fully saturated rings. The van der Waals surface area contributed by atoms with Gasteiger partial charge in [-0.1, -0.05) is 16.0 Å². The third-order valence-corrected chi connectivity index (χ3v) is 2.27. The lowest BCUT2D eigenvalue weighted by atomic mass is 10.0. The van der Waals surface area contributed by atoms with Gasteiger partial charge >= 0.3 is 5.97 Å². The molecular weight excluding hydrogens is 226 g/mol. The minimum absolute atomic E-state index is 0.107. The largest absolute Gasteiger partial charge is 0.478 e. The molecule has 0 amide bonds. The number of carboxylic acids is 1. The minimum Gasteiger partial charge on any atom is -0.478 e. The van der Waals surface area contributed by atoms with Crippen LogP contribution in [-0.4, -0.2) is 22.5 Å². The van der Waals surface area contributed by atoms with Crippen molar-refractivity contribution in [3.8, 4) is 0 Å². The first-order valence-corrected chi connectivity index (χ1v) is 4.26. The predicted octanol–water partition coefficient (Wildman–Crippen LogP) is -0.193. The number of nitrogens with two attached hydrogens (primary N) is 1. The van der Waals surface area contributed by atoms with Gasteiger partial charge in [0.2, 0.25) is 0 Å². The van der Waals surface area contributed by atoms with Gasteiger partial charge < -0.3 is 10.8 Å². The van der Waals surface area contributed by atoms with E-state index in [1.54, 1.807) is 0 Å². The lowest BCUT2D eigenvalue weighted by molar-refractivity contribution is -0.132. The number of hydrogen-bond acceptors (Lipinski definition) is 4. The Balaban J connectivity index is 3.34. The van der Waals surface area contributed by atoms with Gasteiger partial charge in [-0.3, -0.25) is 5.41 Å². The van der Waals surface area contributed by atoms with E-state index in [0.717, 1.165) is 0 Å². The maximum Gasteiger partial charge on any atom is 0.337 e. The molecule has 0 saturated heterocycles. The number of hydrogen-bond donors (Lipinski definition) is 3. The standard InChI is InChI=1S/C7H6ClN3O2S/c8-4-5(9)2(7(12)13)1-3(11-14)6(4)10/h1,10,14H,9H2,(H,12,13)/p+1.